The van der Waals surface area contributed by atoms with Gasteiger partial charge in [0.15, 0.2) is 0 Å². The van der Waals surface area contributed by atoms with Crippen LogP contribution < -0.4 is 4.90 Å². The highest BCUT2D eigenvalue weighted by Gasteiger charge is 2.22. The van der Waals surface area contributed by atoms with Gasteiger partial charge in [0.05, 0.1) is 18.3 Å². The predicted molar refractivity (Wildman–Crippen MR) is 170 cm³/mol. The van der Waals surface area contributed by atoms with Crippen LogP contribution in [0.25, 0.3) is 21.7 Å². The molecule has 42 heavy (non-hydrogen) atoms. The number of hydrogen-bond donors (Lipinski definition) is 0. The maximum Gasteiger partial charge on any atom is 0.265 e. The number of allylic oxidation sites excluding steroid dienone is 3. The lowest BCUT2D eigenvalue weighted by molar-refractivity contribution is 0.118. The van der Waals surface area contributed by atoms with E-state index in [1.54, 1.807) is 6.08 Å². The maximum atomic E-state index is 9.51. The molecule has 0 radical (unpaired) electrons. The number of rotatable bonds is 6. The Hall–Kier alpha value is -5.84. The molecule has 0 bridgehead atoms. The number of anilines is 3. The Morgan fingerprint density at radius 3 is 2.19 bits per heavy atom. The van der Waals surface area contributed by atoms with Crippen LogP contribution in [0, 0.1) is 17.9 Å². The number of nitriles is 1. The van der Waals surface area contributed by atoms with Gasteiger partial charge in [-0.15, -0.1) is 0 Å². The molecular weight excluding hydrogens is 514 g/mol. The summed E-state index contributed by atoms with van der Waals surface area (Å²) in [6, 6.07) is 45.6. The van der Waals surface area contributed by atoms with E-state index in [1.807, 2.05) is 54.6 Å². The van der Waals surface area contributed by atoms with E-state index in [-0.39, 0.29) is 11.8 Å². The zero-order valence-electron chi connectivity index (χ0n) is 22.9. The van der Waals surface area contributed by atoms with E-state index in [0.717, 1.165) is 28.2 Å². The fraction of sp³-hybridized carbons (Fsp3) is 0.0526. The number of benzene rings is 5. The second-order valence-electron chi connectivity index (χ2n) is 9.96. The van der Waals surface area contributed by atoms with Crippen LogP contribution in [-0.4, -0.2) is 0 Å². The van der Waals surface area contributed by atoms with Crippen molar-refractivity contribution in [2.24, 2.45) is 0 Å². The molecule has 0 aliphatic carbocycles. The molecule has 4 nitrogen and oxygen atoms in total. The third-order valence-electron chi connectivity index (χ3n) is 7.31. The third-order valence-corrected chi connectivity index (χ3v) is 7.31. The van der Waals surface area contributed by atoms with E-state index in [9.17, 15) is 5.26 Å². The van der Waals surface area contributed by atoms with Crippen molar-refractivity contribution >= 4 is 33.9 Å². The summed E-state index contributed by atoms with van der Waals surface area (Å²) in [7, 11) is 0. The first-order valence-corrected chi connectivity index (χ1v) is 13.8. The van der Waals surface area contributed by atoms with E-state index >= 15 is 0 Å². The summed E-state index contributed by atoms with van der Waals surface area (Å²) >= 11 is 0. The molecule has 1 aliphatic heterocycles. The lowest BCUT2D eigenvalue weighted by atomic mass is 9.97. The smallest absolute Gasteiger partial charge is 0.265 e. The molecule has 0 aromatic heterocycles. The van der Waals surface area contributed by atoms with Gasteiger partial charge in [0.25, 0.3) is 5.70 Å². The molecule has 0 fully saturated rings. The average Bonchev–Trinajstić information content (AvgIpc) is 3.06. The Labute approximate surface area is 246 Å². The molecule has 0 amide bonds. The van der Waals surface area contributed by atoms with Crippen molar-refractivity contribution in [3.8, 4) is 6.07 Å². The second kappa shape index (κ2) is 12.1. The molecule has 5 aromatic rings. The summed E-state index contributed by atoms with van der Waals surface area (Å²) in [5, 5.41) is 11.9. The normalized spacial score (nSPS) is 15.8. The number of nitrogens with zero attached hydrogens (tertiary/aromatic N) is 3. The van der Waals surface area contributed by atoms with Gasteiger partial charge in [-0.25, -0.2) is 10.1 Å². The van der Waals surface area contributed by atoms with Gasteiger partial charge in [-0.3, -0.25) is 0 Å². The summed E-state index contributed by atoms with van der Waals surface area (Å²) in [6.45, 7) is 7.45. The zero-order valence-corrected chi connectivity index (χ0v) is 22.9. The van der Waals surface area contributed by atoms with Crippen molar-refractivity contribution in [3.63, 3.8) is 0 Å². The van der Waals surface area contributed by atoms with Crippen LogP contribution in [0.2, 0.25) is 0 Å². The molecular formula is C38H27N3O. The van der Waals surface area contributed by atoms with Gasteiger partial charge in [0.2, 0.25) is 0 Å². The first-order valence-electron chi connectivity index (χ1n) is 13.8. The number of para-hydroxylation sites is 1. The molecule has 4 heteroatoms. The number of fused-ring (bicyclic) bond motifs is 1. The zero-order chi connectivity index (χ0) is 28.7. The lowest BCUT2D eigenvalue weighted by Gasteiger charge is -2.27. The van der Waals surface area contributed by atoms with Gasteiger partial charge in [0, 0.05) is 23.2 Å². The Kier molecular flexibility index (Phi) is 7.62. The van der Waals surface area contributed by atoms with Crippen LogP contribution in [-0.2, 0) is 4.74 Å². The molecule has 1 atom stereocenters. The SMILES string of the molecule is [C-]#[N+]/C(C#N)=C1C=C(/C=C/c2ccc(N(c3ccccc3)c3cccc4ccccc34)cc2)OC(c2ccccc2)C\1. The van der Waals surface area contributed by atoms with Crippen LogP contribution >= 0.6 is 0 Å². The molecule has 200 valence electrons. The molecule has 1 unspecified atom stereocenters. The fourth-order valence-corrected chi connectivity index (χ4v) is 5.27. The van der Waals surface area contributed by atoms with Crippen LogP contribution in [0.1, 0.15) is 23.7 Å². The molecule has 6 rings (SSSR count). The van der Waals surface area contributed by atoms with Crippen LogP contribution in [0.3, 0.4) is 0 Å². The molecule has 5 aromatic carbocycles. The topological polar surface area (TPSA) is 40.6 Å². The predicted octanol–water partition coefficient (Wildman–Crippen LogP) is 10.1. The van der Waals surface area contributed by atoms with Gasteiger partial charge in [-0.05, 0) is 64.6 Å². The van der Waals surface area contributed by atoms with Crippen LogP contribution in [0.15, 0.2) is 157 Å². The van der Waals surface area contributed by atoms with E-state index in [4.69, 9.17) is 11.3 Å². The highest BCUT2D eigenvalue weighted by atomic mass is 16.5. The first-order chi connectivity index (χ1) is 20.7. The monoisotopic (exact) mass is 541 g/mol. The van der Waals surface area contributed by atoms with Crippen molar-refractivity contribution in [1.29, 1.82) is 5.26 Å². The van der Waals surface area contributed by atoms with Crippen molar-refractivity contribution in [3.05, 3.63) is 179 Å². The Morgan fingerprint density at radius 2 is 1.45 bits per heavy atom. The minimum Gasteiger partial charge on any atom is -0.485 e. The van der Waals surface area contributed by atoms with Gasteiger partial charge >= 0.3 is 0 Å². The Balaban J connectivity index is 1.32. The summed E-state index contributed by atoms with van der Waals surface area (Å²) in [5.74, 6) is 0.618. The number of hydrogen-bond acceptors (Lipinski definition) is 3. The maximum absolute atomic E-state index is 9.51. The Morgan fingerprint density at radius 1 is 0.786 bits per heavy atom. The van der Waals surface area contributed by atoms with E-state index in [1.165, 1.54) is 10.8 Å². The van der Waals surface area contributed by atoms with Crippen molar-refractivity contribution in [1.82, 2.24) is 0 Å². The largest absolute Gasteiger partial charge is 0.485 e. The van der Waals surface area contributed by atoms with Crippen LogP contribution in [0.4, 0.5) is 17.1 Å². The molecule has 1 aliphatic rings. The fourth-order valence-electron chi connectivity index (χ4n) is 5.27. The summed E-state index contributed by atoms with van der Waals surface area (Å²) < 4.78 is 6.30. The lowest BCUT2D eigenvalue weighted by Crippen LogP contribution is -2.10. The standard InChI is InChI=1S/C38H27N3O/c1-40-36(27-39)31-25-34(42-38(26-31)30-12-4-2-5-13-30)24-21-28-19-22-33(23-20-28)41(32-15-6-3-7-16-32)37-18-10-14-29-11-8-9-17-35(29)37/h2-25,38H,26H2/b24-21+,36-31+. The quantitative estimate of drug-likeness (QED) is 0.159. The van der Waals surface area contributed by atoms with E-state index in [0.29, 0.717) is 17.8 Å². The molecule has 0 spiro atoms. The molecule has 1 heterocycles. The highest BCUT2D eigenvalue weighted by molar-refractivity contribution is 5.98. The minimum absolute atomic E-state index is 0.101. The van der Waals surface area contributed by atoms with Crippen LogP contribution in [0.5, 0.6) is 0 Å². The molecule has 0 N–H and O–H groups in total. The Bertz CT molecular complexity index is 1870. The van der Waals surface area contributed by atoms with Crippen molar-refractivity contribution in [2.75, 3.05) is 4.90 Å². The van der Waals surface area contributed by atoms with E-state index < -0.39 is 0 Å². The third kappa shape index (κ3) is 5.56. The van der Waals surface area contributed by atoms with Gasteiger partial charge in [-0.2, -0.15) is 0 Å². The highest BCUT2D eigenvalue weighted by Crippen LogP contribution is 2.39. The first kappa shape index (κ1) is 26.4. The summed E-state index contributed by atoms with van der Waals surface area (Å²) in [4.78, 5) is 5.72. The van der Waals surface area contributed by atoms with Gasteiger partial charge in [-0.1, -0.05) is 103 Å². The molecule has 0 saturated carbocycles. The van der Waals surface area contributed by atoms with E-state index in [2.05, 4.69) is 101 Å². The summed E-state index contributed by atoms with van der Waals surface area (Å²) in [5.41, 5.74) is 6.05. The summed E-state index contributed by atoms with van der Waals surface area (Å²) in [6.07, 6.45) is 5.92. The second-order valence-corrected chi connectivity index (χ2v) is 9.96. The van der Waals surface area contributed by atoms with Gasteiger partial charge in [0.1, 0.15) is 11.9 Å². The minimum atomic E-state index is -0.265. The average molecular weight is 542 g/mol. The number of ether oxygens (including phenoxy) is 1. The van der Waals surface area contributed by atoms with Crippen molar-refractivity contribution < 1.29 is 4.74 Å². The molecule has 0 saturated heterocycles. The van der Waals surface area contributed by atoms with Gasteiger partial charge < -0.3 is 9.64 Å². The van der Waals surface area contributed by atoms with Crippen molar-refractivity contribution in [2.45, 2.75) is 12.5 Å².